The zero-order valence-electron chi connectivity index (χ0n) is 14.0. The predicted octanol–water partition coefficient (Wildman–Crippen LogP) is 4.51. The van der Waals surface area contributed by atoms with E-state index in [0.717, 1.165) is 33.5 Å². The molecule has 0 radical (unpaired) electrons. The number of aromatic nitrogens is 1. The molecule has 3 nitrogen and oxygen atoms in total. The zero-order valence-corrected chi connectivity index (χ0v) is 14.0. The summed E-state index contributed by atoms with van der Waals surface area (Å²) in [4.78, 5) is 15.3. The summed E-state index contributed by atoms with van der Waals surface area (Å²) < 4.78 is 0. The third kappa shape index (κ3) is 2.75. The number of pyridine rings is 1. The first-order chi connectivity index (χ1) is 11.5. The van der Waals surface area contributed by atoms with Crippen LogP contribution in [0.5, 0.6) is 0 Å². The van der Waals surface area contributed by atoms with Gasteiger partial charge in [0.1, 0.15) is 11.6 Å². The maximum Gasteiger partial charge on any atom is 0.266 e. The summed E-state index contributed by atoms with van der Waals surface area (Å²) in [5.41, 5.74) is 6.33. The number of aryl methyl sites for hydroxylation is 3. The molecule has 24 heavy (non-hydrogen) atoms. The number of nitrogens with zero attached hydrogens (tertiary/aromatic N) is 1. The predicted molar refractivity (Wildman–Crippen MR) is 96.9 cm³/mol. The molecule has 3 aromatic rings. The van der Waals surface area contributed by atoms with Gasteiger partial charge in [-0.1, -0.05) is 42.0 Å². The highest BCUT2D eigenvalue weighted by Gasteiger charge is 2.14. The van der Waals surface area contributed by atoms with Crippen molar-refractivity contribution in [3.8, 4) is 28.5 Å². The second kappa shape index (κ2) is 6.17. The third-order valence-electron chi connectivity index (χ3n) is 4.26. The molecule has 0 aliphatic carbocycles. The molecule has 118 valence electrons. The molecular weight excluding hydrogens is 296 g/mol. The van der Waals surface area contributed by atoms with E-state index >= 15 is 0 Å². The average molecular weight is 314 g/mol. The molecule has 3 heteroatoms. The van der Waals surface area contributed by atoms with E-state index in [0.29, 0.717) is 5.56 Å². The van der Waals surface area contributed by atoms with Gasteiger partial charge in [-0.05, 0) is 49.6 Å². The molecule has 0 unspecified atom stereocenters. The van der Waals surface area contributed by atoms with Gasteiger partial charge in [-0.25, -0.2) is 0 Å². The van der Waals surface area contributed by atoms with Crippen molar-refractivity contribution in [2.45, 2.75) is 20.8 Å². The Balaban J connectivity index is 2.33. The molecule has 2 aromatic carbocycles. The van der Waals surface area contributed by atoms with E-state index in [-0.39, 0.29) is 11.1 Å². The molecule has 3 rings (SSSR count). The van der Waals surface area contributed by atoms with Crippen LogP contribution in [0.3, 0.4) is 0 Å². The first-order valence-electron chi connectivity index (χ1n) is 7.82. The van der Waals surface area contributed by atoms with E-state index in [9.17, 15) is 10.1 Å². The van der Waals surface area contributed by atoms with Crippen LogP contribution in [0.2, 0.25) is 0 Å². The molecule has 0 bridgehead atoms. The Morgan fingerprint density at radius 2 is 1.58 bits per heavy atom. The molecule has 0 atom stereocenters. The van der Waals surface area contributed by atoms with Crippen LogP contribution in [0.4, 0.5) is 0 Å². The third-order valence-corrected chi connectivity index (χ3v) is 4.26. The minimum Gasteiger partial charge on any atom is -0.321 e. The van der Waals surface area contributed by atoms with E-state index < -0.39 is 0 Å². The molecule has 1 N–H and O–H groups in total. The smallest absolute Gasteiger partial charge is 0.266 e. The molecule has 0 spiro atoms. The van der Waals surface area contributed by atoms with Crippen LogP contribution in [0.25, 0.3) is 22.4 Å². The SMILES string of the molecule is Cc1ccc(C)c(-c2cc(-c3ccccc3C)c(C#N)c(=O)[nH]2)c1. The largest absolute Gasteiger partial charge is 0.321 e. The Morgan fingerprint density at radius 1 is 0.875 bits per heavy atom. The first-order valence-corrected chi connectivity index (χ1v) is 7.82. The van der Waals surface area contributed by atoms with Gasteiger partial charge in [-0.3, -0.25) is 4.79 Å². The van der Waals surface area contributed by atoms with Crippen molar-refractivity contribution in [3.63, 3.8) is 0 Å². The van der Waals surface area contributed by atoms with Gasteiger partial charge in [0.2, 0.25) is 0 Å². The summed E-state index contributed by atoms with van der Waals surface area (Å²) in [6.45, 7) is 6.01. The van der Waals surface area contributed by atoms with Crippen molar-refractivity contribution in [1.82, 2.24) is 4.98 Å². The summed E-state index contributed by atoms with van der Waals surface area (Å²) in [6.07, 6.45) is 0. The van der Waals surface area contributed by atoms with Crippen molar-refractivity contribution < 1.29 is 0 Å². The van der Waals surface area contributed by atoms with E-state index in [4.69, 9.17) is 0 Å². The van der Waals surface area contributed by atoms with Crippen LogP contribution >= 0.6 is 0 Å². The Bertz CT molecular complexity index is 1020. The van der Waals surface area contributed by atoms with E-state index in [2.05, 4.69) is 11.1 Å². The topological polar surface area (TPSA) is 56.6 Å². The quantitative estimate of drug-likeness (QED) is 0.757. The van der Waals surface area contributed by atoms with Gasteiger partial charge in [-0.15, -0.1) is 0 Å². The van der Waals surface area contributed by atoms with Crippen LogP contribution in [-0.4, -0.2) is 4.98 Å². The number of benzene rings is 2. The number of hydrogen-bond donors (Lipinski definition) is 1. The van der Waals surface area contributed by atoms with Crippen LogP contribution in [-0.2, 0) is 0 Å². The van der Waals surface area contributed by atoms with Gasteiger partial charge in [-0.2, -0.15) is 5.26 Å². The second-order valence-corrected chi connectivity index (χ2v) is 6.05. The Labute approximate surface area is 141 Å². The van der Waals surface area contributed by atoms with E-state index in [1.54, 1.807) is 0 Å². The fraction of sp³-hybridized carbons (Fsp3) is 0.143. The van der Waals surface area contributed by atoms with Gasteiger partial charge in [0.05, 0.1) is 0 Å². The fourth-order valence-corrected chi connectivity index (χ4v) is 2.93. The van der Waals surface area contributed by atoms with Crippen LogP contribution in [0, 0.1) is 32.1 Å². The molecule has 0 aliphatic rings. The summed E-state index contributed by atoms with van der Waals surface area (Å²) >= 11 is 0. The fourth-order valence-electron chi connectivity index (χ4n) is 2.93. The van der Waals surface area contributed by atoms with Crippen molar-refractivity contribution in [2.24, 2.45) is 0 Å². The van der Waals surface area contributed by atoms with Crippen molar-refractivity contribution in [2.75, 3.05) is 0 Å². The molecule has 1 aromatic heterocycles. The molecule has 0 saturated carbocycles. The highest BCUT2D eigenvalue weighted by atomic mass is 16.1. The van der Waals surface area contributed by atoms with Gasteiger partial charge in [0, 0.05) is 16.8 Å². The number of H-pyrrole nitrogens is 1. The first kappa shape index (κ1) is 15.8. The Morgan fingerprint density at radius 3 is 2.29 bits per heavy atom. The lowest BCUT2D eigenvalue weighted by atomic mass is 9.94. The standard InChI is InChI=1S/C21H18N2O/c1-13-8-9-15(3)17(10-13)20-11-18(19(12-22)21(24)23-20)16-7-5-4-6-14(16)2/h4-11H,1-3H3,(H,23,24). The van der Waals surface area contributed by atoms with Crippen LogP contribution in [0.15, 0.2) is 53.3 Å². The van der Waals surface area contributed by atoms with Crippen molar-refractivity contribution >= 4 is 0 Å². The molecule has 0 aliphatic heterocycles. The maximum atomic E-state index is 12.5. The van der Waals surface area contributed by atoms with Crippen molar-refractivity contribution in [3.05, 3.63) is 81.1 Å². The number of nitriles is 1. The van der Waals surface area contributed by atoms with Crippen molar-refractivity contribution in [1.29, 1.82) is 5.26 Å². The highest BCUT2D eigenvalue weighted by Crippen LogP contribution is 2.29. The number of hydrogen-bond acceptors (Lipinski definition) is 2. The lowest BCUT2D eigenvalue weighted by Crippen LogP contribution is -2.13. The summed E-state index contributed by atoms with van der Waals surface area (Å²) in [5, 5.41) is 9.44. The summed E-state index contributed by atoms with van der Waals surface area (Å²) in [7, 11) is 0. The number of aromatic amines is 1. The molecular formula is C21H18N2O. The lowest BCUT2D eigenvalue weighted by Gasteiger charge is -2.12. The van der Waals surface area contributed by atoms with Gasteiger partial charge >= 0.3 is 0 Å². The molecule has 0 fully saturated rings. The summed E-state index contributed by atoms with van der Waals surface area (Å²) in [5.74, 6) is 0. The molecule has 1 heterocycles. The van der Waals surface area contributed by atoms with Gasteiger partial charge in [0.15, 0.2) is 0 Å². The monoisotopic (exact) mass is 314 g/mol. The highest BCUT2D eigenvalue weighted by molar-refractivity contribution is 5.78. The molecule has 0 saturated heterocycles. The van der Waals surface area contributed by atoms with Crippen LogP contribution in [0.1, 0.15) is 22.3 Å². The van der Waals surface area contributed by atoms with Crippen LogP contribution < -0.4 is 5.56 Å². The lowest BCUT2D eigenvalue weighted by molar-refractivity contribution is 1.21. The Hall–Kier alpha value is -3.12. The van der Waals surface area contributed by atoms with E-state index in [1.165, 1.54) is 0 Å². The normalized spacial score (nSPS) is 10.4. The number of nitrogens with one attached hydrogen (secondary N) is 1. The minimum atomic E-state index is -0.353. The van der Waals surface area contributed by atoms with E-state index in [1.807, 2.05) is 69.3 Å². The zero-order chi connectivity index (χ0) is 17.3. The maximum absolute atomic E-state index is 12.5. The molecule has 0 amide bonds. The Kier molecular flexibility index (Phi) is 4.05. The minimum absolute atomic E-state index is 0.151. The average Bonchev–Trinajstić information content (AvgIpc) is 2.57. The van der Waals surface area contributed by atoms with Gasteiger partial charge in [0.25, 0.3) is 5.56 Å². The second-order valence-electron chi connectivity index (χ2n) is 6.05. The van der Waals surface area contributed by atoms with Gasteiger partial charge < -0.3 is 4.98 Å². The summed E-state index contributed by atoms with van der Waals surface area (Å²) in [6, 6.07) is 17.9. The number of rotatable bonds is 2.